The molecule has 0 radical (unpaired) electrons. The zero-order chi connectivity index (χ0) is 13.0. The first-order chi connectivity index (χ1) is 8.65. The number of benzene rings is 1. The van der Waals surface area contributed by atoms with Crippen molar-refractivity contribution in [2.45, 2.75) is 6.92 Å². The molecule has 6 nitrogen and oxygen atoms in total. The summed E-state index contributed by atoms with van der Waals surface area (Å²) < 4.78 is 6.73. The number of carbonyl (C=O) groups is 1. The van der Waals surface area contributed by atoms with Gasteiger partial charge in [-0.3, -0.25) is 10.2 Å². The topological polar surface area (TPSA) is 69.0 Å². The number of nitrogens with zero attached hydrogens (tertiary/aromatic N) is 3. The molecule has 1 N–H and O–H groups in total. The largest absolute Gasteiger partial charge is 0.483 e. The normalized spacial score (nSPS) is 10.1. The van der Waals surface area contributed by atoms with Gasteiger partial charge in [0.15, 0.2) is 6.61 Å². The van der Waals surface area contributed by atoms with E-state index in [0.29, 0.717) is 10.8 Å². The Morgan fingerprint density at radius 3 is 2.83 bits per heavy atom. The monoisotopic (exact) mass is 266 g/mol. The third-order valence-corrected chi connectivity index (χ3v) is 2.40. The fourth-order valence-corrected chi connectivity index (χ4v) is 1.58. The molecular weight excluding hydrogens is 256 g/mol. The number of amides is 1. The van der Waals surface area contributed by atoms with Crippen LogP contribution in [0.3, 0.4) is 0 Å². The van der Waals surface area contributed by atoms with Gasteiger partial charge in [0.1, 0.15) is 18.4 Å². The number of ether oxygens (including phenoxy) is 1. The Hall–Kier alpha value is -2.08. The number of hydrogen-bond donors (Lipinski definition) is 1. The summed E-state index contributed by atoms with van der Waals surface area (Å²) in [5, 5.41) is 7.75. The van der Waals surface area contributed by atoms with Crippen molar-refractivity contribution in [2.24, 2.45) is 0 Å². The molecule has 7 heteroatoms. The highest BCUT2D eigenvalue weighted by atomic mass is 35.5. The third kappa shape index (κ3) is 3.21. The molecule has 18 heavy (non-hydrogen) atoms. The summed E-state index contributed by atoms with van der Waals surface area (Å²) in [5.74, 6) is 0.322. The Kier molecular flexibility index (Phi) is 3.78. The van der Waals surface area contributed by atoms with Crippen molar-refractivity contribution in [1.29, 1.82) is 0 Å². The highest BCUT2D eigenvalue weighted by Gasteiger charge is 2.05. The second kappa shape index (κ2) is 5.50. The molecule has 0 aliphatic carbocycles. The highest BCUT2D eigenvalue weighted by molar-refractivity contribution is 6.30. The van der Waals surface area contributed by atoms with Gasteiger partial charge in [-0.15, -0.1) is 10.2 Å². The summed E-state index contributed by atoms with van der Waals surface area (Å²) in [6.45, 7) is 1.76. The Labute approximate surface area is 109 Å². The van der Waals surface area contributed by atoms with Gasteiger partial charge in [0.25, 0.3) is 5.91 Å². The number of aryl methyl sites for hydroxylation is 1. The molecule has 0 spiro atoms. The fourth-order valence-electron chi connectivity index (χ4n) is 1.35. The van der Waals surface area contributed by atoms with Gasteiger partial charge in [0.05, 0.1) is 0 Å². The van der Waals surface area contributed by atoms with Crippen LogP contribution in [0.25, 0.3) is 0 Å². The van der Waals surface area contributed by atoms with Crippen LogP contribution < -0.4 is 10.2 Å². The molecule has 0 bridgehead atoms. The Morgan fingerprint density at radius 2 is 2.17 bits per heavy atom. The van der Waals surface area contributed by atoms with E-state index in [9.17, 15) is 4.79 Å². The van der Waals surface area contributed by atoms with Gasteiger partial charge in [0.2, 0.25) is 0 Å². The van der Waals surface area contributed by atoms with Crippen molar-refractivity contribution < 1.29 is 9.53 Å². The van der Waals surface area contributed by atoms with Crippen molar-refractivity contribution in [1.82, 2.24) is 14.9 Å². The molecule has 1 aromatic heterocycles. The number of rotatable bonds is 4. The lowest BCUT2D eigenvalue weighted by molar-refractivity contribution is -0.119. The fraction of sp³-hybridized carbons (Fsp3) is 0.182. The number of halogens is 1. The molecule has 0 fully saturated rings. The first kappa shape index (κ1) is 12.4. The second-order valence-corrected chi connectivity index (χ2v) is 4.04. The SMILES string of the molecule is Cc1cc(Cl)ccc1OCC(=O)Nn1cnnc1. The minimum Gasteiger partial charge on any atom is -0.483 e. The smallest absolute Gasteiger partial charge is 0.276 e. The van der Waals surface area contributed by atoms with Crippen molar-refractivity contribution >= 4 is 17.5 Å². The lowest BCUT2D eigenvalue weighted by Crippen LogP contribution is -2.27. The number of nitrogens with one attached hydrogen (secondary N) is 1. The predicted octanol–water partition coefficient (Wildman–Crippen LogP) is 1.39. The Balaban J connectivity index is 1.89. The first-order valence-electron chi connectivity index (χ1n) is 5.18. The summed E-state index contributed by atoms with van der Waals surface area (Å²) in [5.41, 5.74) is 3.40. The van der Waals surface area contributed by atoms with E-state index in [1.54, 1.807) is 18.2 Å². The molecule has 0 saturated carbocycles. The van der Waals surface area contributed by atoms with Gasteiger partial charge >= 0.3 is 0 Å². The maximum absolute atomic E-state index is 11.5. The van der Waals surface area contributed by atoms with Crippen molar-refractivity contribution in [3.63, 3.8) is 0 Å². The van der Waals surface area contributed by atoms with Crippen LogP contribution >= 0.6 is 11.6 Å². The van der Waals surface area contributed by atoms with Crippen LogP contribution in [0, 0.1) is 6.92 Å². The molecule has 0 aliphatic heterocycles. The molecule has 94 valence electrons. The van der Waals surface area contributed by atoms with Crippen LogP contribution in [-0.4, -0.2) is 27.4 Å². The molecule has 1 heterocycles. The van der Waals surface area contributed by atoms with Crippen LogP contribution in [0.15, 0.2) is 30.9 Å². The van der Waals surface area contributed by atoms with E-state index in [1.165, 1.54) is 17.3 Å². The minimum atomic E-state index is -0.302. The summed E-state index contributed by atoms with van der Waals surface area (Å²) in [4.78, 5) is 11.5. The Bertz CT molecular complexity index is 542. The average Bonchev–Trinajstić information content (AvgIpc) is 2.80. The van der Waals surface area contributed by atoms with E-state index in [1.807, 2.05) is 6.92 Å². The van der Waals surface area contributed by atoms with Crippen LogP contribution in [0.1, 0.15) is 5.56 Å². The van der Waals surface area contributed by atoms with Crippen molar-refractivity contribution in [2.75, 3.05) is 12.0 Å². The van der Waals surface area contributed by atoms with Crippen LogP contribution in [0.2, 0.25) is 5.02 Å². The molecule has 1 aromatic carbocycles. The molecule has 0 aliphatic rings. The maximum Gasteiger partial charge on any atom is 0.276 e. The molecule has 1 amide bonds. The van der Waals surface area contributed by atoms with Crippen molar-refractivity contribution in [3.8, 4) is 5.75 Å². The van der Waals surface area contributed by atoms with E-state index in [-0.39, 0.29) is 12.5 Å². The quantitative estimate of drug-likeness (QED) is 0.908. The minimum absolute atomic E-state index is 0.0966. The molecule has 0 saturated heterocycles. The highest BCUT2D eigenvalue weighted by Crippen LogP contribution is 2.21. The molecule has 2 aromatic rings. The van der Waals surface area contributed by atoms with E-state index in [2.05, 4.69) is 15.6 Å². The van der Waals surface area contributed by atoms with E-state index in [4.69, 9.17) is 16.3 Å². The van der Waals surface area contributed by atoms with E-state index >= 15 is 0 Å². The lowest BCUT2D eigenvalue weighted by Gasteiger charge is -2.09. The van der Waals surface area contributed by atoms with Gasteiger partial charge < -0.3 is 4.74 Å². The predicted molar refractivity (Wildman–Crippen MR) is 66.1 cm³/mol. The van der Waals surface area contributed by atoms with E-state index < -0.39 is 0 Å². The molecule has 2 rings (SSSR count). The second-order valence-electron chi connectivity index (χ2n) is 3.60. The number of aromatic nitrogens is 3. The lowest BCUT2D eigenvalue weighted by atomic mass is 10.2. The Morgan fingerprint density at radius 1 is 1.44 bits per heavy atom. The zero-order valence-electron chi connectivity index (χ0n) is 9.63. The van der Waals surface area contributed by atoms with Crippen LogP contribution in [-0.2, 0) is 4.79 Å². The standard InChI is InChI=1S/C11H11ClN4O2/c1-8-4-9(12)2-3-10(8)18-5-11(17)15-16-6-13-14-7-16/h2-4,6-7H,5H2,1H3,(H,15,17). The summed E-state index contributed by atoms with van der Waals surface area (Å²) >= 11 is 5.82. The number of hydrogen-bond acceptors (Lipinski definition) is 4. The zero-order valence-corrected chi connectivity index (χ0v) is 10.4. The summed E-state index contributed by atoms with van der Waals surface area (Å²) in [7, 11) is 0. The molecular formula is C11H11ClN4O2. The third-order valence-electron chi connectivity index (χ3n) is 2.17. The maximum atomic E-state index is 11.5. The van der Waals surface area contributed by atoms with Crippen molar-refractivity contribution in [3.05, 3.63) is 41.4 Å². The van der Waals surface area contributed by atoms with Gasteiger partial charge in [-0.1, -0.05) is 11.6 Å². The average molecular weight is 267 g/mol. The summed E-state index contributed by atoms with van der Waals surface area (Å²) in [6.07, 6.45) is 2.76. The summed E-state index contributed by atoms with van der Waals surface area (Å²) in [6, 6.07) is 5.21. The van der Waals surface area contributed by atoms with Gasteiger partial charge in [-0.25, -0.2) is 4.68 Å². The molecule has 0 unspecified atom stereocenters. The first-order valence-corrected chi connectivity index (χ1v) is 5.56. The van der Waals surface area contributed by atoms with Gasteiger partial charge in [-0.2, -0.15) is 0 Å². The number of carbonyl (C=O) groups excluding carboxylic acids is 1. The van der Waals surface area contributed by atoms with Gasteiger partial charge in [0, 0.05) is 5.02 Å². The van der Waals surface area contributed by atoms with Crippen LogP contribution in [0.5, 0.6) is 5.75 Å². The molecule has 0 atom stereocenters. The van der Waals surface area contributed by atoms with E-state index in [0.717, 1.165) is 5.56 Å². The van der Waals surface area contributed by atoms with Gasteiger partial charge in [-0.05, 0) is 30.7 Å². The van der Waals surface area contributed by atoms with Crippen LogP contribution in [0.4, 0.5) is 0 Å².